The Bertz CT molecular complexity index is 863. The molecule has 0 amide bonds. The zero-order valence-corrected chi connectivity index (χ0v) is 15.4. The highest BCUT2D eigenvalue weighted by Gasteiger charge is 2.15. The van der Waals surface area contributed by atoms with E-state index in [1.54, 1.807) is 0 Å². The van der Waals surface area contributed by atoms with E-state index in [1.165, 1.54) is 35.2 Å². The molecule has 0 atom stereocenters. The Morgan fingerprint density at radius 3 is 1.91 bits per heavy atom. The molecule has 112 valence electrons. The average molecular weight is 343 g/mol. The molecule has 0 saturated carbocycles. The fourth-order valence-corrected chi connectivity index (χ4v) is 5.56. The van der Waals surface area contributed by atoms with Crippen LogP contribution < -0.4 is 0 Å². The molecule has 0 fully saturated rings. The maximum Gasteiger partial charge on any atom is 0.0528 e. The van der Waals surface area contributed by atoms with E-state index in [9.17, 15) is 0 Å². The van der Waals surface area contributed by atoms with Gasteiger partial charge in [-0.15, -0.1) is 34.0 Å². The minimum Gasteiger partial charge on any atom is -0.143 e. The van der Waals surface area contributed by atoms with Crippen LogP contribution in [0.5, 0.6) is 0 Å². The summed E-state index contributed by atoms with van der Waals surface area (Å²) in [7, 11) is 0. The van der Waals surface area contributed by atoms with Gasteiger partial charge >= 0.3 is 0 Å². The Kier molecular flexibility index (Phi) is 4.77. The molecule has 0 aliphatic heterocycles. The molecule has 0 N–H and O–H groups in total. The second kappa shape index (κ2) is 6.78. The van der Waals surface area contributed by atoms with Crippen molar-refractivity contribution in [2.45, 2.75) is 20.8 Å². The first-order chi connectivity index (χ1) is 10.8. The molecule has 22 heavy (non-hydrogen) atoms. The summed E-state index contributed by atoms with van der Waals surface area (Å²) in [6.07, 6.45) is 0. The predicted octanol–water partition coefficient (Wildman–Crippen LogP) is 7.69. The number of benzene rings is 1. The summed E-state index contributed by atoms with van der Waals surface area (Å²) in [5.74, 6) is 0. The number of aryl methyl sites for hydroxylation is 1. The zero-order valence-electron chi connectivity index (χ0n) is 12.9. The van der Waals surface area contributed by atoms with Crippen molar-refractivity contribution in [1.82, 2.24) is 0 Å². The van der Waals surface area contributed by atoms with Crippen molar-refractivity contribution in [2.75, 3.05) is 0 Å². The zero-order chi connectivity index (χ0) is 15.5. The van der Waals surface area contributed by atoms with Crippen LogP contribution in [0.15, 0.2) is 53.9 Å². The molecule has 0 spiro atoms. The number of thiophene rings is 3. The molecule has 0 radical (unpaired) electrons. The van der Waals surface area contributed by atoms with Crippen molar-refractivity contribution < 1.29 is 0 Å². The van der Waals surface area contributed by atoms with E-state index < -0.39 is 0 Å². The lowest BCUT2D eigenvalue weighted by Crippen LogP contribution is -1.68. The van der Waals surface area contributed by atoms with Crippen LogP contribution >= 0.6 is 34.0 Å². The number of fused-ring (bicyclic) bond motifs is 1. The summed E-state index contributed by atoms with van der Waals surface area (Å²) < 4.78 is 0. The van der Waals surface area contributed by atoms with Gasteiger partial charge in [0, 0.05) is 25.4 Å². The van der Waals surface area contributed by atoms with E-state index in [1.807, 2.05) is 47.9 Å². The van der Waals surface area contributed by atoms with Gasteiger partial charge in [0.25, 0.3) is 0 Å². The molecular weight excluding hydrogens is 324 g/mol. The monoisotopic (exact) mass is 342 g/mol. The van der Waals surface area contributed by atoms with E-state index in [0.29, 0.717) is 0 Å². The van der Waals surface area contributed by atoms with Crippen LogP contribution in [0.25, 0.3) is 30.3 Å². The molecule has 0 bridgehead atoms. The van der Waals surface area contributed by atoms with E-state index in [0.717, 1.165) is 0 Å². The van der Waals surface area contributed by atoms with Gasteiger partial charge < -0.3 is 0 Å². The highest BCUT2D eigenvalue weighted by molar-refractivity contribution is 7.27. The lowest BCUT2D eigenvalue weighted by Gasteiger charge is -1.94. The van der Waals surface area contributed by atoms with Gasteiger partial charge in [0.1, 0.15) is 0 Å². The third-order valence-electron chi connectivity index (χ3n) is 3.33. The highest BCUT2D eigenvalue weighted by atomic mass is 32.1. The Balaban J connectivity index is 0.000000693. The van der Waals surface area contributed by atoms with Crippen molar-refractivity contribution in [3.8, 4) is 19.5 Å². The first-order valence-corrected chi connectivity index (χ1v) is 9.96. The number of rotatable bonds is 2. The molecule has 3 heterocycles. The van der Waals surface area contributed by atoms with Crippen LogP contribution in [0.1, 0.15) is 18.7 Å². The lowest BCUT2D eigenvalue weighted by atomic mass is 10.1. The summed E-state index contributed by atoms with van der Waals surface area (Å²) in [4.78, 5) is 6.92. The minimum atomic E-state index is 1.37. The van der Waals surface area contributed by atoms with Crippen molar-refractivity contribution in [1.29, 1.82) is 0 Å². The maximum atomic E-state index is 2.25. The smallest absolute Gasteiger partial charge is 0.0528 e. The third-order valence-corrected chi connectivity index (χ3v) is 6.78. The molecule has 3 heteroatoms. The summed E-state index contributed by atoms with van der Waals surface area (Å²) in [6, 6.07) is 17.6. The van der Waals surface area contributed by atoms with Crippen LogP contribution in [0, 0.1) is 6.92 Å². The van der Waals surface area contributed by atoms with Crippen molar-refractivity contribution in [3.63, 3.8) is 0 Å². The first-order valence-electron chi connectivity index (χ1n) is 7.45. The maximum absolute atomic E-state index is 2.25. The normalized spacial score (nSPS) is 10.5. The first kappa shape index (κ1) is 15.5. The quantitative estimate of drug-likeness (QED) is 0.350. The molecule has 0 nitrogen and oxygen atoms in total. The van der Waals surface area contributed by atoms with Gasteiger partial charge in [0.05, 0.1) is 9.75 Å². The summed E-state index contributed by atoms with van der Waals surface area (Å²) in [5.41, 5.74) is 0. The van der Waals surface area contributed by atoms with E-state index in [4.69, 9.17) is 0 Å². The fourth-order valence-electron chi connectivity index (χ4n) is 2.42. The molecule has 4 rings (SSSR count). The molecule has 0 aliphatic rings. The molecule has 3 aromatic heterocycles. The van der Waals surface area contributed by atoms with Crippen molar-refractivity contribution in [3.05, 3.63) is 58.8 Å². The highest BCUT2D eigenvalue weighted by Crippen LogP contribution is 2.46. The van der Waals surface area contributed by atoms with Crippen LogP contribution in [0.2, 0.25) is 0 Å². The second-order valence-electron chi connectivity index (χ2n) is 4.69. The lowest BCUT2D eigenvalue weighted by molar-refractivity contribution is 1.50. The van der Waals surface area contributed by atoms with Gasteiger partial charge in [0.2, 0.25) is 0 Å². The molecule has 0 saturated heterocycles. The van der Waals surface area contributed by atoms with Gasteiger partial charge in [-0.3, -0.25) is 0 Å². The minimum absolute atomic E-state index is 1.37. The summed E-state index contributed by atoms with van der Waals surface area (Å²) >= 11 is 5.62. The SMILES string of the molecule is CC.Cc1ccc(-c2sc(-c3cccs3)c3ccccc23)s1. The van der Waals surface area contributed by atoms with E-state index >= 15 is 0 Å². The Morgan fingerprint density at radius 2 is 1.36 bits per heavy atom. The second-order valence-corrected chi connectivity index (χ2v) is 7.95. The average Bonchev–Trinajstić information content (AvgIpc) is 3.27. The molecule has 0 unspecified atom stereocenters. The van der Waals surface area contributed by atoms with E-state index in [-0.39, 0.29) is 0 Å². The summed E-state index contributed by atoms with van der Waals surface area (Å²) in [6.45, 7) is 6.17. The van der Waals surface area contributed by atoms with Crippen molar-refractivity contribution >= 4 is 44.8 Å². The molecule has 1 aromatic carbocycles. The van der Waals surface area contributed by atoms with Crippen molar-refractivity contribution in [2.24, 2.45) is 0 Å². The van der Waals surface area contributed by atoms with Gasteiger partial charge in [-0.2, -0.15) is 0 Å². The van der Waals surface area contributed by atoms with Crippen LogP contribution in [-0.4, -0.2) is 0 Å². The Hall–Kier alpha value is -1.42. The summed E-state index contributed by atoms with van der Waals surface area (Å²) in [5, 5.41) is 4.91. The Labute approximate surface area is 143 Å². The molecule has 4 aromatic rings. The largest absolute Gasteiger partial charge is 0.143 e. The molecule has 0 aliphatic carbocycles. The van der Waals surface area contributed by atoms with Crippen LogP contribution in [-0.2, 0) is 0 Å². The number of hydrogen-bond donors (Lipinski definition) is 0. The van der Waals surface area contributed by atoms with Gasteiger partial charge in [-0.05, 0) is 30.5 Å². The van der Waals surface area contributed by atoms with Gasteiger partial charge in [-0.1, -0.05) is 44.2 Å². The van der Waals surface area contributed by atoms with E-state index in [2.05, 4.69) is 60.8 Å². The van der Waals surface area contributed by atoms with Crippen LogP contribution in [0.4, 0.5) is 0 Å². The van der Waals surface area contributed by atoms with Crippen LogP contribution in [0.3, 0.4) is 0 Å². The Morgan fingerprint density at radius 1 is 0.682 bits per heavy atom. The predicted molar refractivity (Wildman–Crippen MR) is 105 cm³/mol. The standard InChI is InChI=1S/C17H12S3.C2H6/c1-11-8-9-15(19-11)17-13-6-3-2-5-12(13)16(20-17)14-7-4-10-18-14;1-2/h2-10H,1H3;1-2H3. The van der Waals surface area contributed by atoms with Gasteiger partial charge in [-0.25, -0.2) is 0 Å². The third kappa shape index (κ3) is 2.76. The fraction of sp³-hybridized carbons (Fsp3) is 0.158. The molecular formula is C19H18S3. The van der Waals surface area contributed by atoms with Gasteiger partial charge in [0.15, 0.2) is 0 Å². The number of hydrogen-bond acceptors (Lipinski definition) is 3. The topological polar surface area (TPSA) is 0 Å².